The summed E-state index contributed by atoms with van der Waals surface area (Å²) in [5, 5.41) is 18.3. The van der Waals surface area contributed by atoms with Gasteiger partial charge in [-0.3, -0.25) is 0 Å². The second kappa shape index (κ2) is 5.53. The van der Waals surface area contributed by atoms with E-state index in [0.29, 0.717) is 6.61 Å². The summed E-state index contributed by atoms with van der Waals surface area (Å²) in [6.45, 7) is 2.05. The molecular formula is C10H13BO5. The molecule has 16 heavy (non-hydrogen) atoms. The Morgan fingerprint density at radius 2 is 2.12 bits per heavy atom. The molecule has 0 atom stereocenters. The van der Waals surface area contributed by atoms with Crippen LogP contribution >= 0.6 is 0 Å². The fraction of sp³-hybridized carbons (Fsp3) is 0.300. The van der Waals surface area contributed by atoms with Crippen molar-refractivity contribution in [3.8, 4) is 5.75 Å². The third-order valence-electron chi connectivity index (χ3n) is 2.02. The van der Waals surface area contributed by atoms with Crippen molar-refractivity contribution >= 4 is 18.6 Å². The van der Waals surface area contributed by atoms with Crippen LogP contribution in [0.15, 0.2) is 18.2 Å². The largest absolute Gasteiger partial charge is 0.493 e. The van der Waals surface area contributed by atoms with Gasteiger partial charge < -0.3 is 19.5 Å². The van der Waals surface area contributed by atoms with E-state index in [1.54, 1.807) is 6.92 Å². The number of esters is 1. The van der Waals surface area contributed by atoms with E-state index in [1.165, 1.54) is 25.3 Å². The van der Waals surface area contributed by atoms with Gasteiger partial charge in [0.15, 0.2) is 0 Å². The number of para-hydroxylation sites is 1. The van der Waals surface area contributed by atoms with Crippen molar-refractivity contribution in [3.63, 3.8) is 0 Å². The molecule has 0 saturated heterocycles. The molecule has 0 bridgehead atoms. The summed E-state index contributed by atoms with van der Waals surface area (Å²) >= 11 is 0. The second-order valence-corrected chi connectivity index (χ2v) is 3.02. The van der Waals surface area contributed by atoms with Gasteiger partial charge in [-0.1, -0.05) is 12.1 Å². The van der Waals surface area contributed by atoms with Crippen LogP contribution in [0.5, 0.6) is 5.75 Å². The van der Waals surface area contributed by atoms with Crippen molar-refractivity contribution in [3.05, 3.63) is 23.8 Å². The second-order valence-electron chi connectivity index (χ2n) is 3.02. The fourth-order valence-electron chi connectivity index (χ4n) is 1.33. The number of hydrogen-bond acceptors (Lipinski definition) is 5. The predicted octanol–water partition coefficient (Wildman–Crippen LogP) is -0.448. The van der Waals surface area contributed by atoms with Crippen molar-refractivity contribution in [2.45, 2.75) is 6.92 Å². The Morgan fingerprint density at radius 3 is 2.62 bits per heavy atom. The van der Waals surface area contributed by atoms with Crippen LogP contribution in [0.4, 0.5) is 0 Å². The Kier molecular flexibility index (Phi) is 4.33. The average Bonchev–Trinajstić information content (AvgIpc) is 2.28. The van der Waals surface area contributed by atoms with Gasteiger partial charge in [-0.05, 0) is 13.0 Å². The zero-order chi connectivity index (χ0) is 12.1. The first-order chi connectivity index (χ1) is 7.61. The molecule has 0 amide bonds. The molecule has 1 rings (SSSR count). The van der Waals surface area contributed by atoms with E-state index in [9.17, 15) is 4.79 Å². The van der Waals surface area contributed by atoms with E-state index in [-0.39, 0.29) is 16.8 Å². The Labute approximate surface area is 93.8 Å². The number of carbonyl (C=O) groups excluding carboxylic acids is 1. The number of ether oxygens (including phenoxy) is 2. The number of hydrogen-bond donors (Lipinski definition) is 2. The maximum Gasteiger partial charge on any atom is 0.492 e. The lowest BCUT2D eigenvalue weighted by Gasteiger charge is -2.13. The van der Waals surface area contributed by atoms with Crippen LogP contribution in [0.3, 0.4) is 0 Å². The summed E-state index contributed by atoms with van der Waals surface area (Å²) in [6, 6.07) is 4.51. The summed E-state index contributed by atoms with van der Waals surface area (Å²) in [5.74, 6) is -0.433. The van der Waals surface area contributed by atoms with E-state index in [4.69, 9.17) is 14.8 Å². The Hall–Kier alpha value is -1.53. The summed E-state index contributed by atoms with van der Waals surface area (Å²) in [7, 11) is -0.439. The molecule has 86 valence electrons. The molecule has 0 aliphatic rings. The van der Waals surface area contributed by atoms with Crippen molar-refractivity contribution in [2.75, 3.05) is 13.7 Å². The van der Waals surface area contributed by atoms with Crippen LogP contribution in [0.1, 0.15) is 17.3 Å². The van der Waals surface area contributed by atoms with Crippen LogP contribution in [-0.4, -0.2) is 36.9 Å². The SMILES string of the molecule is CCOc1c(B(O)O)cccc1C(=O)OC. The molecule has 0 unspecified atom stereocenters. The predicted molar refractivity (Wildman–Crippen MR) is 58.8 cm³/mol. The minimum Gasteiger partial charge on any atom is -0.493 e. The average molecular weight is 224 g/mol. The highest BCUT2D eigenvalue weighted by atomic mass is 16.5. The van der Waals surface area contributed by atoms with Gasteiger partial charge in [-0.25, -0.2) is 4.79 Å². The normalized spacial score (nSPS) is 9.75. The molecule has 1 aromatic carbocycles. The molecular weight excluding hydrogens is 211 g/mol. The van der Waals surface area contributed by atoms with Crippen LogP contribution in [0.2, 0.25) is 0 Å². The molecule has 0 saturated carbocycles. The van der Waals surface area contributed by atoms with Crippen molar-refractivity contribution < 1.29 is 24.3 Å². The van der Waals surface area contributed by atoms with Crippen LogP contribution in [0, 0.1) is 0 Å². The lowest BCUT2D eigenvalue weighted by molar-refractivity contribution is 0.0596. The van der Waals surface area contributed by atoms with Crippen molar-refractivity contribution in [1.82, 2.24) is 0 Å². The zero-order valence-electron chi connectivity index (χ0n) is 9.14. The van der Waals surface area contributed by atoms with Gasteiger partial charge in [0.25, 0.3) is 0 Å². The maximum atomic E-state index is 11.4. The molecule has 6 heteroatoms. The molecule has 0 heterocycles. The van der Waals surface area contributed by atoms with E-state index >= 15 is 0 Å². The maximum absolute atomic E-state index is 11.4. The Balaban J connectivity index is 3.26. The highest BCUT2D eigenvalue weighted by molar-refractivity contribution is 6.60. The van der Waals surface area contributed by atoms with Gasteiger partial charge in [-0.15, -0.1) is 0 Å². The van der Waals surface area contributed by atoms with Crippen molar-refractivity contribution in [2.24, 2.45) is 0 Å². The van der Waals surface area contributed by atoms with Gasteiger partial charge in [-0.2, -0.15) is 0 Å². The minimum absolute atomic E-state index is 0.143. The highest BCUT2D eigenvalue weighted by Crippen LogP contribution is 2.17. The third-order valence-corrected chi connectivity index (χ3v) is 2.02. The van der Waals surface area contributed by atoms with Gasteiger partial charge in [0, 0.05) is 5.46 Å². The lowest BCUT2D eigenvalue weighted by Crippen LogP contribution is -2.32. The molecule has 0 aromatic heterocycles. The molecule has 5 nitrogen and oxygen atoms in total. The van der Waals surface area contributed by atoms with Gasteiger partial charge >= 0.3 is 13.1 Å². The van der Waals surface area contributed by atoms with Crippen LogP contribution in [-0.2, 0) is 4.74 Å². The zero-order valence-corrected chi connectivity index (χ0v) is 9.14. The summed E-state index contributed by atoms with van der Waals surface area (Å²) < 4.78 is 9.81. The van der Waals surface area contributed by atoms with E-state index in [2.05, 4.69) is 4.74 Å². The monoisotopic (exact) mass is 224 g/mol. The Morgan fingerprint density at radius 1 is 1.44 bits per heavy atom. The molecule has 1 aromatic rings. The fourth-order valence-corrected chi connectivity index (χ4v) is 1.33. The number of carbonyl (C=O) groups is 1. The summed E-state index contributed by atoms with van der Waals surface area (Å²) in [4.78, 5) is 11.4. The van der Waals surface area contributed by atoms with Gasteiger partial charge in [0.2, 0.25) is 0 Å². The van der Waals surface area contributed by atoms with E-state index in [0.717, 1.165) is 0 Å². The van der Waals surface area contributed by atoms with Gasteiger partial charge in [0.1, 0.15) is 11.3 Å². The highest BCUT2D eigenvalue weighted by Gasteiger charge is 2.23. The van der Waals surface area contributed by atoms with Crippen LogP contribution in [0.25, 0.3) is 0 Å². The lowest BCUT2D eigenvalue weighted by atomic mass is 9.78. The van der Waals surface area contributed by atoms with Gasteiger partial charge in [0.05, 0.1) is 13.7 Å². The molecule has 0 spiro atoms. The van der Waals surface area contributed by atoms with Crippen molar-refractivity contribution in [1.29, 1.82) is 0 Å². The van der Waals surface area contributed by atoms with Crippen LogP contribution < -0.4 is 10.2 Å². The first-order valence-corrected chi connectivity index (χ1v) is 4.82. The topological polar surface area (TPSA) is 76.0 Å². The van der Waals surface area contributed by atoms with E-state index < -0.39 is 13.1 Å². The number of benzene rings is 1. The number of rotatable bonds is 4. The first-order valence-electron chi connectivity index (χ1n) is 4.82. The number of methoxy groups -OCH3 is 1. The molecule has 0 fully saturated rings. The Bertz CT molecular complexity index is 377. The smallest absolute Gasteiger partial charge is 0.492 e. The molecule has 2 N–H and O–H groups in total. The molecule has 0 aliphatic heterocycles. The quantitative estimate of drug-likeness (QED) is 0.535. The molecule has 0 aliphatic carbocycles. The summed E-state index contributed by atoms with van der Waals surface area (Å²) in [5.41, 5.74) is 0.319. The standard InChI is InChI=1S/C10H13BO5/c1-3-16-9-7(10(12)15-2)5-4-6-8(9)11(13)14/h4-6,13-14H,3H2,1-2H3. The van der Waals surface area contributed by atoms with E-state index in [1.807, 2.05) is 0 Å². The first kappa shape index (κ1) is 12.5. The third kappa shape index (κ3) is 2.53. The molecule has 0 radical (unpaired) electrons. The summed E-state index contributed by atoms with van der Waals surface area (Å²) in [6.07, 6.45) is 0. The minimum atomic E-state index is -1.69.